The third kappa shape index (κ3) is 1.87. The maximum atomic E-state index is 11.8. The van der Waals surface area contributed by atoms with Crippen LogP contribution in [0.1, 0.15) is 0 Å². The summed E-state index contributed by atoms with van der Waals surface area (Å²) < 4.78 is 23.6. The van der Waals surface area contributed by atoms with E-state index in [1.807, 2.05) is 0 Å². The van der Waals surface area contributed by atoms with Crippen LogP contribution in [-0.4, -0.2) is 21.3 Å². The molecule has 0 bridgehead atoms. The predicted octanol–water partition coefficient (Wildman–Crippen LogP) is 0.0969. The quantitative estimate of drug-likeness (QED) is 0.340. The van der Waals surface area contributed by atoms with Gasteiger partial charge >= 0.3 is 43.4 Å². The van der Waals surface area contributed by atoms with Crippen molar-refractivity contribution in [1.29, 1.82) is 0 Å². The first-order valence-electron chi connectivity index (χ1n) is 1.84. The number of rotatable bonds is 0. The fourth-order valence-corrected chi connectivity index (χ4v) is 0.253. The summed E-state index contributed by atoms with van der Waals surface area (Å²) in [6.07, 6.45) is 0.537. The second-order valence-electron chi connectivity index (χ2n) is 1.12. The minimum atomic E-state index is -1.06. The second kappa shape index (κ2) is 3.27. The van der Waals surface area contributed by atoms with Crippen LogP contribution < -0.4 is 0 Å². The van der Waals surface area contributed by atoms with Crippen LogP contribution in [0.4, 0.5) is 8.78 Å². The van der Waals surface area contributed by atoms with Gasteiger partial charge in [0, 0.05) is 8.41 Å². The number of halogens is 2. The van der Waals surface area contributed by atoms with Crippen molar-refractivity contribution in [2.75, 3.05) is 0 Å². The molecule has 0 aromatic carbocycles. The third-order valence-electron chi connectivity index (χ3n) is 0.587. The largest absolute Gasteiger partial charge is 0 e. The molecule has 0 amide bonds. The first-order chi connectivity index (χ1) is 3.80. The molecule has 0 aromatic heterocycles. The van der Waals surface area contributed by atoms with Crippen LogP contribution in [0.5, 0.6) is 0 Å². The fourth-order valence-electron chi connectivity index (χ4n) is 0.253. The molecule has 6 heteroatoms. The van der Waals surface area contributed by atoms with E-state index in [2.05, 4.69) is 9.69 Å². The summed E-state index contributed by atoms with van der Waals surface area (Å²) in [5.41, 5.74) is -1.06. The normalized spacial score (nSPS) is 14.9. The van der Waals surface area contributed by atoms with Crippen LogP contribution >= 0.6 is 0 Å². The molecule has 0 unspecified atom stereocenters. The minimum absolute atomic E-state index is 0. The van der Waals surface area contributed by atoms with Crippen LogP contribution in [0, 0.1) is 0 Å². The summed E-state index contributed by atoms with van der Waals surface area (Å²) in [7, 11) is 0.537. The maximum absolute atomic E-state index is 11.8. The third-order valence-corrected chi connectivity index (χ3v) is 0.587. The molecule has 1 rings (SSSR count). The van der Waals surface area contributed by atoms with Gasteiger partial charge in [0.2, 0.25) is 0 Å². The summed E-state index contributed by atoms with van der Waals surface area (Å²) in [6, 6.07) is 0. The van der Waals surface area contributed by atoms with E-state index in [0.29, 0.717) is 13.4 Å². The minimum Gasteiger partial charge on any atom is 0 e. The van der Waals surface area contributed by atoms with Crippen LogP contribution in [0.3, 0.4) is 0 Å². The molecule has 9 heavy (non-hydrogen) atoms. The van der Waals surface area contributed by atoms with Crippen molar-refractivity contribution < 1.29 is 18.5 Å². The van der Waals surface area contributed by atoms with Crippen LogP contribution in [0.15, 0.2) is 12.1 Å². The van der Waals surface area contributed by atoms with E-state index in [1.165, 1.54) is 0 Å². The second-order valence-corrected chi connectivity index (χ2v) is 1.12. The molecule has 2 nitrogen and oxygen atoms in total. The van der Waals surface area contributed by atoms with Crippen LogP contribution in [0.25, 0.3) is 0 Å². The van der Waals surface area contributed by atoms with E-state index < -0.39 is 11.5 Å². The molecule has 0 spiro atoms. The summed E-state index contributed by atoms with van der Waals surface area (Å²) >= 11 is 0. The molecule has 0 aliphatic carbocycles. The van der Waals surface area contributed by atoms with Crippen LogP contribution in [-0.2, 0) is 9.69 Å². The Bertz CT molecular complexity index is 138. The van der Waals surface area contributed by atoms with Crippen molar-refractivity contribution in [2.45, 2.75) is 0 Å². The molecule has 0 aromatic rings. The van der Waals surface area contributed by atoms with Gasteiger partial charge in [-0.15, -0.1) is 0 Å². The topological polar surface area (TPSA) is 18.5 Å². The monoisotopic (exact) mass is 129 g/mol. The van der Waals surface area contributed by atoms with Gasteiger partial charge in [0.1, 0.15) is 0 Å². The number of hydrogen-bond donors (Lipinski definition) is 0. The van der Waals surface area contributed by atoms with Gasteiger partial charge in [0.25, 0.3) is 0 Å². The van der Waals surface area contributed by atoms with E-state index in [4.69, 9.17) is 0 Å². The smallest absolute Gasteiger partial charge is 0 e. The zero-order chi connectivity index (χ0) is 5.98. The Kier molecular flexibility index (Phi) is 2.98. The van der Waals surface area contributed by atoms with Gasteiger partial charge in [-0.1, -0.05) is 0 Å². The molecule has 1 heterocycles. The first-order valence-corrected chi connectivity index (χ1v) is 1.84. The van der Waals surface area contributed by atoms with Crippen molar-refractivity contribution in [2.24, 2.45) is 0 Å². The Balaban J connectivity index is 0.000000640. The molecule has 0 saturated carbocycles. The standard InChI is InChI=1S/C3HBF2O2.B/c5-2-1-7-8-4-3(2)6;/h1H;. The van der Waals surface area contributed by atoms with Gasteiger partial charge < -0.3 is 0 Å². The molecule has 0 fully saturated rings. The van der Waals surface area contributed by atoms with Gasteiger partial charge in [-0.05, 0) is 0 Å². The SMILES string of the molecule is FC1=BOOC=C1F.[B]. The molecule has 1 aliphatic rings. The van der Waals surface area contributed by atoms with Crippen molar-refractivity contribution in [1.82, 2.24) is 0 Å². The van der Waals surface area contributed by atoms with Gasteiger partial charge in [-0.25, -0.2) is 0 Å². The molecule has 3 radical (unpaired) electrons. The zero-order valence-electron chi connectivity index (χ0n) is 4.30. The van der Waals surface area contributed by atoms with Crippen LogP contribution in [0.2, 0.25) is 0 Å². The average Bonchev–Trinajstić information content (AvgIpc) is 1.77. The molecular weight excluding hydrogens is 128 g/mol. The molecule has 1 aliphatic heterocycles. The Labute approximate surface area is 52.9 Å². The Morgan fingerprint density at radius 1 is 1.44 bits per heavy atom. The summed E-state index contributed by atoms with van der Waals surface area (Å²) in [5.74, 6) is -1.06. The van der Waals surface area contributed by atoms with Gasteiger partial charge in [0.05, 0.1) is 0 Å². The van der Waals surface area contributed by atoms with Gasteiger partial charge in [0.15, 0.2) is 0 Å². The van der Waals surface area contributed by atoms with E-state index in [9.17, 15) is 8.78 Å². The molecule has 45 valence electrons. The summed E-state index contributed by atoms with van der Waals surface area (Å²) in [4.78, 5) is 7.80. The number of allylic oxidation sites excluding steroid dienone is 1. The predicted molar refractivity (Wildman–Crippen MR) is 29.0 cm³/mol. The van der Waals surface area contributed by atoms with Crippen molar-refractivity contribution in [3.05, 3.63) is 12.1 Å². The Morgan fingerprint density at radius 2 is 2.11 bits per heavy atom. The van der Waals surface area contributed by atoms with Gasteiger partial charge in [-0.2, -0.15) is 0 Å². The van der Waals surface area contributed by atoms with E-state index >= 15 is 0 Å². The van der Waals surface area contributed by atoms with Gasteiger partial charge in [-0.3, -0.25) is 0 Å². The molecule has 0 atom stereocenters. The van der Waals surface area contributed by atoms with Crippen molar-refractivity contribution in [3.63, 3.8) is 0 Å². The Morgan fingerprint density at radius 3 is 2.44 bits per heavy atom. The summed E-state index contributed by atoms with van der Waals surface area (Å²) in [6.45, 7) is 0. The van der Waals surface area contributed by atoms with E-state index in [1.54, 1.807) is 0 Å². The van der Waals surface area contributed by atoms with Crippen molar-refractivity contribution in [3.8, 4) is 0 Å². The Hall–Kier alpha value is -0.800. The van der Waals surface area contributed by atoms with E-state index in [0.717, 1.165) is 0 Å². The number of hydrogen-bond acceptors (Lipinski definition) is 2. The summed E-state index contributed by atoms with van der Waals surface area (Å²) in [5, 5.41) is 0. The maximum Gasteiger partial charge on any atom is 0 e. The molecule has 0 saturated heterocycles. The fraction of sp³-hybridized carbons (Fsp3) is 0. The first kappa shape index (κ1) is 8.20. The molecule has 0 N–H and O–H groups in total. The zero-order valence-corrected chi connectivity index (χ0v) is 4.30. The van der Waals surface area contributed by atoms with Crippen molar-refractivity contribution >= 4 is 21.3 Å². The molecular formula is C3HB2F2O2. The average molecular weight is 129 g/mol. The van der Waals surface area contributed by atoms with E-state index in [-0.39, 0.29) is 8.41 Å².